The zero-order chi connectivity index (χ0) is 16.2. The fourth-order valence-corrected chi connectivity index (χ4v) is 2.87. The van der Waals surface area contributed by atoms with Crippen LogP contribution in [0.25, 0.3) is 0 Å². The second kappa shape index (κ2) is 6.79. The normalized spacial score (nSPS) is 15.0. The van der Waals surface area contributed by atoms with Gasteiger partial charge >= 0.3 is 0 Å². The van der Waals surface area contributed by atoms with E-state index in [0.29, 0.717) is 13.1 Å². The lowest BCUT2D eigenvalue weighted by Gasteiger charge is -2.30. The van der Waals surface area contributed by atoms with Gasteiger partial charge in [-0.2, -0.15) is 0 Å². The number of carbonyl (C=O) groups excluding carboxylic acids is 1. The Bertz CT molecular complexity index is 702. The summed E-state index contributed by atoms with van der Waals surface area (Å²) in [5, 5.41) is 3.48. The highest BCUT2D eigenvalue weighted by molar-refractivity contribution is 5.97. The van der Waals surface area contributed by atoms with Crippen molar-refractivity contribution in [2.45, 2.75) is 19.9 Å². The molecule has 1 aliphatic rings. The second-order valence-corrected chi connectivity index (χ2v) is 5.71. The van der Waals surface area contributed by atoms with Crippen LogP contribution >= 0.6 is 0 Å². The van der Waals surface area contributed by atoms with Crippen molar-refractivity contribution in [3.8, 4) is 5.75 Å². The molecule has 2 heterocycles. The molecule has 0 fully saturated rings. The van der Waals surface area contributed by atoms with Crippen LogP contribution in [-0.2, 0) is 4.79 Å². The number of para-hydroxylation sites is 2. The van der Waals surface area contributed by atoms with Crippen molar-refractivity contribution in [1.82, 2.24) is 10.3 Å². The van der Waals surface area contributed by atoms with E-state index in [1.165, 1.54) is 11.1 Å². The van der Waals surface area contributed by atoms with Gasteiger partial charge in [-0.25, -0.2) is 0 Å². The van der Waals surface area contributed by atoms with Gasteiger partial charge in [0, 0.05) is 31.5 Å². The Morgan fingerprint density at radius 1 is 1.35 bits per heavy atom. The number of rotatable bonds is 5. The molecule has 1 unspecified atom stereocenters. The van der Waals surface area contributed by atoms with E-state index in [-0.39, 0.29) is 18.6 Å². The number of pyridine rings is 1. The topological polar surface area (TPSA) is 54.5 Å². The van der Waals surface area contributed by atoms with E-state index in [1.54, 1.807) is 4.90 Å². The van der Waals surface area contributed by atoms with Gasteiger partial charge in [0.1, 0.15) is 5.75 Å². The summed E-state index contributed by atoms with van der Waals surface area (Å²) in [6, 6.07) is 9.89. The van der Waals surface area contributed by atoms with Gasteiger partial charge in [-0.1, -0.05) is 12.1 Å². The molecule has 0 saturated heterocycles. The number of anilines is 1. The molecule has 1 N–H and O–H groups in total. The van der Waals surface area contributed by atoms with Crippen molar-refractivity contribution in [3.63, 3.8) is 0 Å². The van der Waals surface area contributed by atoms with Gasteiger partial charge in [0.25, 0.3) is 5.91 Å². The van der Waals surface area contributed by atoms with E-state index in [9.17, 15) is 4.79 Å². The molecule has 0 radical (unpaired) electrons. The number of amides is 1. The summed E-state index contributed by atoms with van der Waals surface area (Å²) in [6.45, 7) is 5.62. The Labute approximate surface area is 136 Å². The number of ether oxygens (including phenoxy) is 1. The highest BCUT2D eigenvalue weighted by Gasteiger charge is 2.24. The number of fused-ring (bicyclic) bond motifs is 1. The summed E-state index contributed by atoms with van der Waals surface area (Å²) in [5.41, 5.74) is 3.24. The summed E-state index contributed by atoms with van der Waals surface area (Å²) >= 11 is 0. The molecule has 5 heteroatoms. The first kappa shape index (κ1) is 15.5. The minimum atomic E-state index is -0.00163. The van der Waals surface area contributed by atoms with E-state index in [1.807, 2.05) is 42.7 Å². The molecule has 5 nitrogen and oxygen atoms in total. The smallest absolute Gasteiger partial charge is 0.265 e. The lowest BCUT2D eigenvalue weighted by molar-refractivity contribution is -0.121. The summed E-state index contributed by atoms with van der Waals surface area (Å²) in [6.07, 6.45) is 3.68. The van der Waals surface area contributed by atoms with Crippen molar-refractivity contribution in [3.05, 3.63) is 53.9 Å². The van der Waals surface area contributed by atoms with Gasteiger partial charge in [0.05, 0.1) is 5.69 Å². The molecule has 1 amide bonds. The molecule has 1 aromatic heterocycles. The van der Waals surface area contributed by atoms with E-state index in [2.05, 4.69) is 24.1 Å². The first-order chi connectivity index (χ1) is 11.2. The Hall–Kier alpha value is -2.40. The van der Waals surface area contributed by atoms with Crippen molar-refractivity contribution >= 4 is 11.6 Å². The average Bonchev–Trinajstić information content (AvgIpc) is 2.57. The highest BCUT2D eigenvalue weighted by Crippen LogP contribution is 2.31. The number of carbonyl (C=O) groups is 1. The molecule has 1 aliphatic heterocycles. The zero-order valence-electron chi connectivity index (χ0n) is 13.5. The number of nitrogens with one attached hydrogen (secondary N) is 1. The summed E-state index contributed by atoms with van der Waals surface area (Å²) in [7, 11) is 0. The first-order valence-electron chi connectivity index (χ1n) is 7.83. The lowest BCUT2D eigenvalue weighted by Crippen LogP contribution is -2.42. The second-order valence-electron chi connectivity index (χ2n) is 5.71. The monoisotopic (exact) mass is 311 g/mol. The van der Waals surface area contributed by atoms with Crippen molar-refractivity contribution in [2.75, 3.05) is 24.6 Å². The van der Waals surface area contributed by atoms with Gasteiger partial charge in [-0.15, -0.1) is 0 Å². The summed E-state index contributed by atoms with van der Waals surface area (Å²) in [5.74, 6) is 0.767. The van der Waals surface area contributed by atoms with Crippen molar-refractivity contribution < 1.29 is 9.53 Å². The maximum atomic E-state index is 12.1. The van der Waals surface area contributed by atoms with Crippen molar-refractivity contribution in [1.29, 1.82) is 0 Å². The maximum Gasteiger partial charge on any atom is 0.265 e. The number of hydrogen-bond donors (Lipinski definition) is 1. The van der Waals surface area contributed by atoms with E-state index < -0.39 is 0 Å². The molecule has 1 aromatic carbocycles. The minimum Gasteiger partial charge on any atom is -0.482 e. The van der Waals surface area contributed by atoms with Crippen LogP contribution in [0, 0.1) is 6.92 Å². The molecular weight excluding hydrogens is 290 g/mol. The zero-order valence-corrected chi connectivity index (χ0v) is 13.5. The molecule has 0 bridgehead atoms. The van der Waals surface area contributed by atoms with Gasteiger partial charge in [0.15, 0.2) is 6.61 Å². The molecule has 0 aliphatic carbocycles. The third kappa shape index (κ3) is 3.35. The predicted molar refractivity (Wildman–Crippen MR) is 89.7 cm³/mol. The van der Waals surface area contributed by atoms with Crippen LogP contribution in [0.3, 0.4) is 0 Å². The minimum absolute atomic E-state index is 0.00163. The number of aromatic nitrogens is 1. The molecular formula is C18H21N3O2. The lowest BCUT2D eigenvalue weighted by atomic mass is 10.1. The quantitative estimate of drug-likeness (QED) is 0.921. The first-order valence-corrected chi connectivity index (χ1v) is 7.83. The van der Waals surface area contributed by atoms with Crippen LogP contribution in [0.5, 0.6) is 5.75 Å². The Kier molecular flexibility index (Phi) is 4.57. The number of hydrogen-bond acceptors (Lipinski definition) is 4. The van der Waals surface area contributed by atoms with E-state index in [4.69, 9.17) is 4.74 Å². The predicted octanol–water partition coefficient (Wildman–Crippen LogP) is 2.47. The van der Waals surface area contributed by atoms with Gasteiger partial charge in [0.2, 0.25) is 0 Å². The Morgan fingerprint density at radius 2 is 2.17 bits per heavy atom. The van der Waals surface area contributed by atoms with Gasteiger partial charge < -0.3 is 15.0 Å². The van der Waals surface area contributed by atoms with E-state index in [0.717, 1.165) is 11.4 Å². The number of nitrogens with zero attached hydrogens (tertiary/aromatic N) is 2. The molecule has 1 atom stereocenters. The summed E-state index contributed by atoms with van der Waals surface area (Å²) in [4.78, 5) is 18.0. The van der Waals surface area contributed by atoms with Crippen molar-refractivity contribution in [2.24, 2.45) is 0 Å². The standard InChI is InChI=1S/C18H21N3O2/c1-13-11-19-8-7-15(13)14(2)20-9-10-21-16-5-3-4-6-17(16)23-12-18(21)22/h3-8,11,14,20H,9-10,12H2,1-2H3. The van der Waals surface area contributed by atoms with Crippen LogP contribution in [-0.4, -0.2) is 30.6 Å². The molecule has 2 aromatic rings. The molecule has 0 saturated carbocycles. The molecule has 120 valence electrons. The molecule has 0 spiro atoms. The van der Waals surface area contributed by atoms with E-state index >= 15 is 0 Å². The Balaban J connectivity index is 1.63. The average molecular weight is 311 g/mol. The third-order valence-electron chi connectivity index (χ3n) is 4.12. The maximum absolute atomic E-state index is 12.1. The van der Waals surface area contributed by atoms with Gasteiger partial charge in [-0.05, 0) is 43.2 Å². The number of aryl methyl sites for hydroxylation is 1. The van der Waals surface area contributed by atoms with Crippen LogP contribution < -0.4 is 15.0 Å². The number of benzene rings is 1. The molecule has 23 heavy (non-hydrogen) atoms. The SMILES string of the molecule is Cc1cnccc1C(C)NCCN1C(=O)COc2ccccc21. The molecule has 3 rings (SSSR count). The van der Waals surface area contributed by atoms with Crippen LogP contribution in [0.2, 0.25) is 0 Å². The fraction of sp³-hybridized carbons (Fsp3) is 0.333. The van der Waals surface area contributed by atoms with Crippen LogP contribution in [0.1, 0.15) is 24.1 Å². The van der Waals surface area contributed by atoms with Crippen LogP contribution in [0.15, 0.2) is 42.7 Å². The largest absolute Gasteiger partial charge is 0.482 e. The Morgan fingerprint density at radius 3 is 3.00 bits per heavy atom. The summed E-state index contributed by atoms with van der Waals surface area (Å²) < 4.78 is 5.46. The van der Waals surface area contributed by atoms with Gasteiger partial charge in [-0.3, -0.25) is 9.78 Å². The third-order valence-corrected chi connectivity index (χ3v) is 4.12. The fourth-order valence-electron chi connectivity index (χ4n) is 2.87. The highest BCUT2D eigenvalue weighted by atomic mass is 16.5. The van der Waals surface area contributed by atoms with Crippen LogP contribution in [0.4, 0.5) is 5.69 Å².